The van der Waals surface area contributed by atoms with E-state index in [1.807, 2.05) is 13.0 Å². The van der Waals surface area contributed by atoms with E-state index in [1.165, 1.54) is 6.07 Å². The van der Waals surface area contributed by atoms with E-state index >= 15 is 0 Å². The van der Waals surface area contributed by atoms with Gasteiger partial charge in [0.15, 0.2) is 11.5 Å². The highest BCUT2D eigenvalue weighted by atomic mass is 35.5. The van der Waals surface area contributed by atoms with Crippen LogP contribution >= 0.6 is 11.6 Å². The lowest BCUT2D eigenvalue weighted by Gasteiger charge is -2.21. The quantitative estimate of drug-likeness (QED) is 0.356. The number of rotatable bonds is 8. The lowest BCUT2D eigenvalue weighted by Crippen LogP contribution is -2.29. The number of carbonyl (C=O) groups is 1. The number of amides is 1. The minimum atomic E-state index is -0.470. The van der Waals surface area contributed by atoms with Crippen LogP contribution in [0.5, 0.6) is 11.5 Å². The first-order valence-corrected chi connectivity index (χ1v) is 13.1. The van der Waals surface area contributed by atoms with Crippen molar-refractivity contribution in [2.75, 3.05) is 13.7 Å². The number of hydrogen-bond acceptors (Lipinski definition) is 5. The molecule has 0 atom stereocenters. The number of fused-ring (bicyclic) bond motifs is 1. The van der Waals surface area contributed by atoms with E-state index in [4.69, 9.17) is 26.1 Å². The second kappa shape index (κ2) is 10.4. The van der Waals surface area contributed by atoms with Crippen molar-refractivity contribution >= 4 is 23.1 Å². The molecule has 2 heterocycles. The Kier molecular flexibility index (Phi) is 7.16. The van der Waals surface area contributed by atoms with Crippen molar-refractivity contribution in [1.82, 2.24) is 15.6 Å². The van der Waals surface area contributed by atoms with Gasteiger partial charge in [0.25, 0.3) is 5.91 Å². The minimum Gasteiger partial charge on any atom is -0.493 e. The van der Waals surface area contributed by atoms with Crippen molar-refractivity contribution < 1.29 is 18.7 Å². The van der Waals surface area contributed by atoms with Crippen LogP contribution in [0.3, 0.4) is 0 Å². The number of allylic oxidation sites excluding steroid dienone is 1. The summed E-state index contributed by atoms with van der Waals surface area (Å²) in [4.78, 5) is 18.0. The lowest BCUT2D eigenvalue weighted by atomic mass is 9.91. The molecular weight excluding hydrogens is 505 g/mol. The van der Waals surface area contributed by atoms with Crippen molar-refractivity contribution in [1.29, 1.82) is 0 Å². The van der Waals surface area contributed by atoms with Crippen LogP contribution < -0.4 is 20.1 Å². The Morgan fingerprint density at radius 1 is 1.21 bits per heavy atom. The molecule has 8 heteroatoms. The third-order valence-electron chi connectivity index (χ3n) is 7.06. The maximum atomic E-state index is 13.9. The molecule has 1 amide bonds. The zero-order valence-corrected chi connectivity index (χ0v) is 22.7. The summed E-state index contributed by atoms with van der Waals surface area (Å²) in [5.41, 5.74) is 5.47. The maximum Gasteiger partial charge on any atom is 0.251 e. The summed E-state index contributed by atoms with van der Waals surface area (Å²) in [7, 11) is 1.57. The largest absolute Gasteiger partial charge is 0.493 e. The number of nitrogens with zero attached hydrogens (tertiary/aromatic N) is 1. The fourth-order valence-corrected chi connectivity index (χ4v) is 4.83. The van der Waals surface area contributed by atoms with Crippen molar-refractivity contribution in [3.8, 4) is 22.8 Å². The average Bonchev–Trinajstić information content (AvgIpc) is 3.67. The molecule has 1 aliphatic heterocycles. The molecule has 198 valence electrons. The first kappa shape index (κ1) is 26.2. The van der Waals surface area contributed by atoms with Crippen molar-refractivity contribution in [3.63, 3.8) is 0 Å². The van der Waals surface area contributed by atoms with Gasteiger partial charge in [-0.2, -0.15) is 0 Å². The Balaban J connectivity index is 1.41. The fraction of sp³-hybridized carbons (Fsp3) is 0.333. The van der Waals surface area contributed by atoms with Gasteiger partial charge in [0.2, 0.25) is 0 Å². The average molecular weight is 536 g/mol. The van der Waals surface area contributed by atoms with Crippen LogP contribution in [-0.2, 0) is 12.1 Å². The van der Waals surface area contributed by atoms with Crippen molar-refractivity contribution in [2.45, 2.75) is 51.8 Å². The van der Waals surface area contributed by atoms with Crippen LogP contribution in [-0.4, -0.2) is 30.6 Å². The van der Waals surface area contributed by atoms with Gasteiger partial charge in [-0.15, -0.1) is 0 Å². The standard InChI is InChI=1S/C30H31ClFN3O3/c1-5-17(15-33-29(36)19-7-11-26(27(13-19)37-4)38-20-8-9-20)25-14-22-21(16-34-30(22,2)3)28(35-25)18-6-10-24(32)23(31)12-18/h5-7,10-14,20,34H,8-9,15-16H2,1-4H3,(H,33,36)/b17-5-. The number of ether oxygens (including phenoxy) is 2. The van der Waals surface area contributed by atoms with Gasteiger partial charge in [0.1, 0.15) is 5.82 Å². The number of nitrogens with one attached hydrogen (secondary N) is 2. The maximum absolute atomic E-state index is 13.9. The lowest BCUT2D eigenvalue weighted by molar-refractivity contribution is 0.0958. The molecule has 38 heavy (non-hydrogen) atoms. The number of pyridine rings is 1. The molecule has 0 bridgehead atoms. The van der Waals surface area contributed by atoms with Gasteiger partial charge in [-0.05, 0) is 92.8 Å². The van der Waals surface area contributed by atoms with Gasteiger partial charge in [0.05, 0.1) is 29.6 Å². The second-order valence-corrected chi connectivity index (χ2v) is 10.6. The number of benzene rings is 2. The number of methoxy groups -OCH3 is 1. The summed E-state index contributed by atoms with van der Waals surface area (Å²) in [6, 6.07) is 11.9. The third-order valence-corrected chi connectivity index (χ3v) is 7.35. The molecule has 1 aromatic heterocycles. The molecule has 0 unspecified atom stereocenters. The Hall–Kier alpha value is -3.42. The third kappa shape index (κ3) is 5.26. The monoisotopic (exact) mass is 535 g/mol. The van der Waals surface area contributed by atoms with Gasteiger partial charge < -0.3 is 20.1 Å². The summed E-state index contributed by atoms with van der Waals surface area (Å²) in [5, 5.41) is 6.58. The van der Waals surface area contributed by atoms with E-state index in [0.29, 0.717) is 23.6 Å². The topological polar surface area (TPSA) is 72.5 Å². The van der Waals surface area contributed by atoms with E-state index in [-0.39, 0.29) is 29.1 Å². The van der Waals surface area contributed by atoms with Crippen LogP contribution in [0.15, 0.2) is 48.5 Å². The van der Waals surface area contributed by atoms with Crippen LogP contribution in [0.2, 0.25) is 5.02 Å². The van der Waals surface area contributed by atoms with Crippen molar-refractivity contribution in [3.05, 3.63) is 81.8 Å². The smallest absolute Gasteiger partial charge is 0.251 e. The minimum absolute atomic E-state index is 0.0520. The molecule has 5 rings (SSSR count). The highest BCUT2D eigenvalue weighted by molar-refractivity contribution is 6.31. The van der Waals surface area contributed by atoms with E-state index in [2.05, 4.69) is 30.5 Å². The van der Waals surface area contributed by atoms with Gasteiger partial charge in [0, 0.05) is 29.8 Å². The highest BCUT2D eigenvalue weighted by Crippen LogP contribution is 2.38. The van der Waals surface area contributed by atoms with E-state index in [9.17, 15) is 9.18 Å². The van der Waals surface area contributed by atoms with Crippen LogP contribution in [0.25, 0.3) is 16.8 Å². The molecule has 1 saturated carbocycles. The summed E-state index contributed by atoms with van der Waals surface area (Å²) in [5.74, 6) is 0.484. The Labute approximate surface area is 227 Å². The first-order chi connectivity index (χ1) is 18.2. The molecule has 2 N–H and O–H groups in total. The van der Waals surface area contributed by atoms with Gasteiger partial charge in [-0.1, -0.05) is 17.7 Å². The molecule has 2 aliphatic rings. The normalized spacial score (nSPS) is 16.2. The molecule has 1 aliphatic carbocycles. The summed E-state index contributed by atoms with van der Waals surface area (Å²) in [6.45, 7) is 7.07. The van der Waals surface area contributed by atoms with Crippen LogP contribution in [0.1, 0.15) is 60.8 Å². The molecule has 0 radical (unpaired) electrons. The molecule has 0 spiro atoms. The number of halogens is 2. The van der Waals surface area contributed by atoms with E-state index in [0.717, 1.165) is 46.5 Å². The Bertz CT molecular complexity index is 1430. The SMILES string of the molecule is C/C=C(/CNC(=O)c1ccc(OC2CC2)c(OC)c1)c1cc2c(c(-c3ccc(F)c(Cl)c3)n1)CNC2(C)C. The number of aromatic nitrogens is 1. The summed E-state index contributed by atoms with van der Waals surface area (Å²) < 4.78 is 25.2. The summed E-state index contributed by atoms with van der Waals surface area (Å²) in [6.07, 6.45) is 4.25. The molecular formula is C30H31ClFN3O3. The predicted molar refractivity (Wildman–Crippen MR) is 147 cm³/mol. The fourth-order valence-electron chi connectivity index (χ4n) is 4.65. The van der Waals surface area contributed by atoms with Gasteiger partial charge in [-0.3, -0.25) is 4.79 Å². The second-order valence-electron chi connectivity index (χ2n) is 10.2. The van der Waals surface area contributed by atoms with Crippen LogP contribution in [0, 0.1) is 5.82 Å². The van der Waals surface area contributed by atoms with E-state index < -0.39 is 5.82 Å². The van der Waals surface area contributed by atoms with Crippen LogP contribution in [0.4, 0.5) is 4.39 Å². The first-order valence-electron chi connectivity index (χ1n) is 12.7. The zero-order valence-electron chi connectivity index (χ0n) is 22.0. The molecule has 3 aromatic rings. The zero-order chi connectivity index (χ0) is 27.0. The van der Waals surface area contributed by atoms with Gasteiger partial charge >= 0.3 is 0 Å². The molecule has 0 saturated heterocycles. The Morgan fingerprint density at radius 3 is 2.68 bits per heavy atom. The van der Waals surface area contributed by atoms with Crippen molar-refractivity contribution in [2.24, 2.45) is 0 Å². The molecule has 6 nitrogen and oxygen atoms in total. The molecule has 1 fully saturated rings. The Morgan fingerprint density at radius 2 is 2.00 bits per heavy atom. The predicted octanol–water partition coefficient (Wildman–Crippen LogP) is 6.26. The highest BCUT2D eigenvalue weighted by Gasteiger charge is 2.33. The molecule has 2 aromatic carbocycles. The number of carbonyl (C=O) groups excluding carboxylic acids is 1. The summed E-state index contributed by atoms with van der Waals surface area (Å²) >= 11 is 6.11. The number of hydrogen-bond donors (Lipinski definition) is 2. The van der Waals surface area contributed by atoms with E-state index in [1.54, 1.807) is 37.4 Å². The van der Waals surface area contributed by atoms with Gasteiger partial charge in [-0.25, -0.2) is 9.37 Å².